The number of hydrogen-bond acceptors (Lipinski definition) is 6. The number of carbonyl (C=O) groups excluding carboxylic acids is 1. The third kappa shape index (κ3) is 4.05. The standard InChI is InChI=1S/C25H23N5O2/c31-21-7-2-6-19(16-21)29-12-14-30(15-13-29)20-9-11-26-23(17-20)25(32)28-22-8-1-4-18-5-3-10-27-24(18)22/h1-11,16-17,31H,12-15H2,(H,28,32). The summed E-state index contributed by atoms with van der Waals surface area (Å²) in [6.45, 7) is 3.28. The van der Waals surface area contributed by atoms with Crippen LogP contribution in [0.3, 0.4) is 0 Å². The highest BCUT2D eigenvalue weighted by molar-refractivity contribution is 6.07. The van der Waals surface area contributed by atoms with Crippen LogP contribution in [0.25, 0.3) is 10.9 Å². The number of rotatable bonds is 4. The first-order valence-electron chi connectivity index (χ1n) is 10.6. The maximum atomic E-state index is 12.9. The minimum Gasteiger partial charge on any atom is -0.508 e. The summed E-state index contributed by atoms with van der Waals surface area (Å²) in [7, 11) is 0. The van der Waals surface area contributed by atoms with Crippen molar-refractivity contribution in [2.24, 2.45) is 0 Å². The third-order valence-corrected chi connectivity index (χ3v) is 5.70. The summed E-state index contributed by atoms with van der Waals surface area (Å²) in [5, 5.41) is 13.7. The topological polar surface area (TPSA) is 81.6 Å². The van der Waals surface area contributed by atoms with Gasteiger partial charge in [-0.25, -0.2) is 0 Å². The Morgan fingerprint density at radius 3 is 2.31 bits per heavy atom. The van der Waals surface area contributed by atoms with Gasteiger partial charge in [0.05, 0.1) is 11.2 Å². The molecule has 4 aromatic rings. The SMILES string of the molecule is O=C(Nc1cccc2cccnc12)c1cc(N2CCN(c3cccc(O)c3)CC2)ccn1. The van der Waals surface area contributed by atoms with Crippen molar-refractivity contribution in [3.8, 4) is 5.75 Å². The normalized spacial score (nSPS) is 13.9. The van der Waals surface area contributed by atoms with Gasteiger partial charge >= 0.3 is 0 Å². The number of para-hydroxylation sites is 1. The summed E-state index contributed by atoms with van der Waals surface area (Å²) in [5.41, 5.74) is 3.77. The molecule has 0 atom stereocenters. The van der Waals surface area contributed by atoms with Crippen molar-refractivity contribution in [1.82, 2.24) is 9.97 Å². The summed E-state index contributed by atoms with van der Waals surface area (Å²) in [5.74, 6) is 0.0134. The van der Waals surface area contributed by atoms with E-state index in [4.69, 9.17) is 0 Å². The van der Waals surface area contributed by atoms with Gasteiger partial charge in [0.15, 0.2) is 0 Å². The average Bonchev–Trinajstić information content (AvgIpc) is 2.84. The molecule has 1 aliphatic rings. The van der Waals surface area contributed by atoms with Gasteiger partial charge in [0.1, 0.15) is 11.4 Å². The van der Waals surface area contributed by atoms with Crippen LogP contribution in [0.2, 0.25) is 0 Å². The molecule has 1 saturated heterocycles. The minimum atomic E-state index is -0.261. The highest BCUT2D eigenvalue weighted by Gasteiger charge is 2.19. The van der Waals surface area contributed by atoms with Gasteiger partial charge in [0.2, 0.25) is 0 Å². The molecule has 160 valence electrons. The number of nitrogens with one attached hydrogen (secondary N) is 1. The number of hydrogen-bond donors (Lipinski definition) is 2. The second kappa shape index (κ2) is 8.55. The zero-order valence-electron chi connectivity index (χ0n) is 17.5. The molecule has 1 aliphatic heterocycles. The van der Waals surface area contributed by atoms with Gasteiger partial charge in [-0.15, -0.1) is 0 Å². The molecular weight excluding hydrogens is 402 g/mol. The van der Waals surface area contributed by atoms with E-state index in [2.05, 4.69) is 25.1 Å². The number of pyridine rings is 2. The van der Waals surface area contributed by atoms with E-state index in [0.717, 1.165) is 48.5 Å². The van der Waals surface area contributed by atoms with Crippen LogP contribution in [0.4, 0.5) is 17.1 Å². The zero-order chi connectivity index (χ0) is 21.9. The van der Waals surface area contributed by atoms with Crippen LogP contribution in [0, 0.1) is 0 Å². The highest BCUT2D eigenvalue weighted by Crippen LogP contribution is 2.25. The molecule has 0 saturated carbocycles. The van der Waals surface area contributed by atoms with Crippen LogP contribution in [0.15, 0.2) is 79.1 Å². The number of aromatic hydroxyl groups is 1. The summed E-state index contributed by atoms with van der Waals surface area (Å²) < 4.78 is 0. The van der Waals surface area contributed by atoms with E-state index >= 15 is 0 Å². The van der Waals surface area contributed by atoms with Crippen LogP contribution in [0.1, 0.15) is 10.5 Å². The number of nitrogens with zero attached hydrogens (tertiary/aromatic N) is 4. The average molecular weight is 425 g/mol. The first kappa shape index (κ1) is 19.8. The number of amides is 1. The Kier molecular flexibility index (Phi) is 5.29. The molecular formula is C25H23N5O2. The van der Waals surface area contributed by atoms with E-state index in [0.29, 0.717) is 11.4 Å². The molecule has 2 aromatic heterocycles. The smallest absolute Gasteiger partial charge is 0.274 e. The molecule has 1 amide bonds. The van der Waals surface area contributed by atoms with Crippen molar-refractivity contribution in [3.05, 3.63) is 84.8 Å². The lowest BCUT2D eigenvalue weighted by Crippen LogP contribution is -2.46. The molecule has 32 heavy (non-hydrogen) atoms. The molecule has 1 fully saturated rings. The van der Waals surface area contributed by atoms with E-state index in [-0.39, 0.29) is 11.7 Å². The fraction of sp³-hybridized carbons (Fsp3) is 0.160. The summed E-state index contributed by atoms with van der Waals surface area (Å²) >= 11 is 0. The van der Waals surface area contributed by atoms with Crippen molar-refractivity contribution in [2.45, 2.75) is 0 Å². The number of aromatic nitrogens is 2. The monoisotopic (exact) mass is 425 g/mol. The maximum Gasteiger partial charge on any atom is 0.274 e. The zero-order valence-corrected chi connectivity index (χ0v) is 17.5. The first-order chi connectivity index (χ1) is 15.7. The van der Waals surface area contributed by atoms with E-state index < -0.39 is 0 Å². The van der Waals surface area contributed by atoms with Gasteiger partial charge in [-0.3, -0.25) is 14.8 Å². The largest absolute Gasteiger partial charge is 0.508 e. The van der Waals surface area contributed by atoms with Gasteiger partial charge in [-0.1, -0.05) is 24.3 Å². The maximum absolute atomic E-state index is 12.9. The predicted octanol–water partition coefficient (Wildman–Crippen LogP) is 3.91. The predicted molar refractivity (Wildman–Crippen MR) is 126 cm³/mol. The van der Waals surface area contributed by atoms with Gasteiger partial charge in [-0.05, 0) is 36.4 Å². The van der Waals surface area contributed by atoms with Crippen LogP contribution in [0.5, 0.6) is 5.75 Å². The van der Waals surface area contributed by atoms with Crippen LogP contribution in [-0.4, -0.2) is 47.2 Å². The summed E-state index contributed by atoms with van der Waals surface area (Å²) in [6.07, 6.45) is 3.39. The molecule has 0 aliphatic carbocycles. The Hall–Kier alpha value is -4.13. The molecule has 2 N–H and O–H groups in total. The van der Waals surface area contributed by atoms with Crippen molar-refractivity contribution in [2.75, 3.05) is 41.3 Å². The fourth-order valence-electron chi connectivity index (χ4n) is 4.04. The Morgan fingerprint density at radius 1 is 0.812 bits per heavy atom. The molecule has 2 aromatic carbocycles. The van der Waals surface area contributed by atoms with E-state index in [1.807, 2.05) is 54.6 Å². The molecule has 0 radical (unpaired) electrons. The lowest BCUT2D eigenvalue weighted by Gasteiger charge is -2.37. The second-order valence-corrected chi connectivity index (χ2v) is 7.73. The quantitative estimate of drug-likeness (QED) is 0.516. The number of anilines is 3. The Balaban J connectivity index is 1.29. The summed E-state index contributed by atoms with van der Waals surface area (Å²) in [6, 6.07) is 20.6. The summed E-state index contributed by atoms with van der Waals surface area (Å²) in [4.78, 5) is 26.1. The van der Waals surface area contributed by atoms with Gasteiger partial charge in [0, 0.05) is 61.4 Å². The van der Waals surface area contributed by atoms with Crippen molar-refractivity contribution < 1.29 is 9.90 Å². The first-order valence-corrected chi connectivity index (χ1v) is 10.6. The lowest BCUT2D eigenvalue weighted by atomic mass is 10.2. The Bertz CT molecular complexity index is 1260. The molecule has 7 nitrogen and oxygen atoms in total. The second-order valence-electron chi connectivity index (χ2n) is 7.73. The third-order valence-electron chi connectivity index (χ3n) is 5.70. The van der Waals surface area contributed by atoms with E-state index in [9.17, 15) is 9.90 Å². The molecule has 0 unspecified atom stereocenters. The fourth-order valence-corrected chi connectivity index (χ4v) is 4.04. The van der Waals surface area contributed by atoms with Crippen molar-refractivity contribution >= 4 is 33.9 Å². The van der Waals surface area contributed by atoms with Crippen molar-refractivity contribution in [1.29, 1.82) is 0 Å². The molecule has 3 heterocycles. The van der Waals surface area contributed by atoms with E-state index in [1.165, 1.54) is 0 Å². The molecule has 5 rings (SSSR count). The highest BCUT2D eigenvalue weighted by atomic mass is 16.3. The Morgan fingerprint density at radius 2 is 1.53 bits per heavy atom. The molecule has 0 spiro atoms. The lowest BCUT2D eigenvalue weighted by molar-refractivity contribution is 0.102. The van der Waals surface area contributed by atoms with Crippen LogP contribution in [-0.2, 0) is 0 Å². The molecule has 7 heteroatoms. The number of piperazine rings is 1. The van der Waals surface area contributed by atoms with Gasteiger partial charge in [0.25, 0.3) is 5.91 Å². The number of phenolic OH excluding ortho intramolecular Hbond substituents is 1. The van der Waals surface area contributed by atoms with Crippen LogP contribution < -0.4 is 15.1 Å². The number of carbonyl (C=O) groups is 1. The van der Waals surface area contributed by atoms with Crippen molar-refractivity contribution in [3.63, 3.8) is 0 Å². The van der Waals surface area contributed by atoms with Gasteiger partial charge in [-0.2, -0.15) is 0 Å². The number of fused-ring (bicyclic) bond motifs is 1. The number of benzene rings is 2. The van der Waals surface area contributed by atoms with E-state index in [1.54, 1.807) is 24.5 Å². The van der Waals surface area contributed by atoms with Gasteiger partial charge < -0.3 is 20.2 Å². The minimum absolute atomic E-state index is 0.261. The number of phenols is 1. The van der Waals surface area contributed by atoms with Crippen LogP contribution >= 0.6 is 0 Å². The Labute approximate surface area is 186 Å². The molecule has 0 bridgehead atoms.